The van der Waals surface area contributed by atoms with Crippen molar-refractivity contribution >= 4 is 40.7 Å². The maximum Gasteiger partial charge on any atom is 0.262 e. The van der Waals surface area contributed by atoms with E-state index in [-0.39, 0.29) is 71.0 Å². The minimum absolute atomic E-state index is 0.0386. The molecule has 0 radical (unpaired) electrons. The molecule has 15 heteroatoms. The Morgan fingerprint density at radius 2 is 1.61 bits per heavy atom. The number of amidine groups is 1. The third-order valence-electron chi connectivity index (χ3n) is 10.3. The lowest BCUT2D eigenvalue weighted by atomic mass is 9.81. The van der Waals surface area contributed by atoms with Gasteiger partial charge in [-0.3, -0.25) is 15.0 Å². The van der Waals surface area contributed by atoms with Crippen LogP contribution in [-0.2, 0) is 11.2 Å². The van der Waals surface area contributed by atoms with Gasteiger partial charge >= 0.3 is 0 Å². The van der Waals surface area contributed by atoms with Gasteiger partial charge in [-0.15, -0.1) is 0 Å². The maximum absolute atomic E-state index is 13.8. The number of aromatic hydroxyl groups is 1. The number of aliphatic hydroxyl groups is 4. The number of aliphatic hydroxyl groups excluding tert-OH is 3. The molecular weight excluding hydrogens is 662 g/mol. The largest absolute Gasteiger partial charge is 0.857 e. The van der Waals surface area contributed by atoms with Crippen molar-refractivity contribution in [1.82, 2.24) is 0 Å². The van der Waals surface area contributed by atoms with E-state index in [1.54, 1.807) is 36.4 Å². The number of ketones is 2. The van der Waals surface area contributed by atoms with Crippen LogP contribution in [0.3, 0.4) is 0 Å². The molecule has 51 heavy (non-hydrogen) atoms. The first kappa shape index (κ1) is 33.0. The number of hydrogen-bond acceptors (Lipinski definition) is 12. The SMILES string of the molecule is N=C1N=C([O-])C2=NC[NH+](c3ccccc3Cc3cc4c(c(O)c3OC3OC(C5(O)CCCC5)C(O)C(O)C3O)C(=O)c3ccccc3C4=O)C2=N1. The van der Waals surface area contributed by atoms with E-state index in [0.717, 1.165) is 0 Å². The number of nitrogens with one attached hydrogen (secondary N) is 2. The zero-order valence-electron chi connectivity index (χ0n) is 26.9. The molecule has 5 aliphatic rings. The van der Waals surface area contributed by atoms with E-state index < -0.39 is 65.5 Å². The fraction of sp³-hybridized carbons (Fsp3) is 0.333. The molecule has 2 fully saturated rings. The maximum atomic E-state index is 13.8. The number of phenolic OH excluding ortho intramolecular Hbond substituents is 1. The number of aliphatic imine (C=N–C) groups is 3. The van der Waals surface area contributed by atoms with E-state index in [2.05, 4.69) is 15.0 Å². The second kappa shape index (κ2) is 12.3. The van der Waals surface area contributed by atoms with Crippen molar-refractivity contribution in [3.05, 3.63) is 88.0 Å². The van der Waals surface area contributed by atoms with Gasteiger partial charge in [-0.1, -0.05) is 55.3 Å². The number of ether oxygens (including phenoxy) is 2. The summed E-state index contributed by atoms with van der Waals surface area (Å²) in [5.41, 5.74) is -0.235. The number of hydrogen-bond donors (Lipinski definition) is 7. The Morgan fingerprint density at radius 1 is 0.922 bits per heavy atom. The molecule has 262 valence electrons. The number of nitrogens with zero attached hydrogens (tertiary/aromatic N) is 3. The third kappa shape index (κ3) is 5.28. The lowest BCUT2D eigenvalue weighted by Crippen LogP contribution is -3.09. The van der Waals surface area contributed by atoms with Gasteiger partial charge in [-0.25, -0.2) is 14.9 Å². The van der Waals surface area contributed by atoms with Gasteiger partial charge in [0, 0.05) is 40.1 Å². The fourth-order valence-corrected chi connectivity index (χ4v) is 7.72. The van der Waals surface area contributed by atoms with Crippen LogP contribution < -0.4 is 14.7 Å². The Bertz CT molecular complexity index is 2110. The molecule has 0 amide bonds. The summed E-state index contributed by atoms with van der Waals surface area (Å²) in [6.45, 7) is 0.0783. The molecule has 7 N–H and O–H groups in total. The van der Waals surface area contributed by atoms with Gasteiger partial charge in [-0.05, 0) is 25.0 Å². The smallest absolute Gasteiger partial charge is 0.262 e. The quantitative estimate of drug-likeness (QED) is 0.134. The summed E-state index contributed by atoms with van der Waals surface area (Å²) in [4.78, 5) is 40.2. The number of carbonyl (C=O) groups is 2. The van der Waals surface area contributed by atoms with Crippen LogP contribution in [0.25, 0.3) is 0 Å². The Kier molecular flexibility index (Phi) is 7.94. The standard InChI is InChI=1S/C36H33N5O10/c37-35-39-32-23(33(48)40-35)38-15-41(32)21-10-4-1-7-16(21)13-17-14-20-22(25(43)19-9-3-2-8-18(19)24(20)42)26(44)30(17)50-34-29(47)27(45)28(46)31(51-34)36(49)11-5-6-12-36/h1-4,7-10,14,27-29,31,34,44-47,49H,5-6,11-13,15H2,(H2,37,40,48). The summed E-state index contributed by atoms with van der Waals surface area (Å²) >= 11 is 0. The molecule has 0 spiro atoms. The second-order valence-corrected chi connectivity index (χ2v) is 13.3. The highest BCUT2D eigenvalue weighted by Gasteiger charge is 2.54. The van der Waals surface area contributed by atoms with E-state index in [1.165, 1.54) is 18.2 Å². The highest BCUT2D eigenvalue weighted by Crippen LogP contribution is 2.45. The predicted octanol–water partition coefficient (Wildman–Crippen LogP) is -0.716. The number of para-hydroxylation sites is 1. The van der Waals surface area contributed by atoms with Crippen LogP contribution in [-0.4, -0.2) is 103 Å². The first-order valence-corrected chi connectivity index (χ1v) is 16.6. The van der Waals surface area contributed by atoms with Crippen LogP contribution in [0.1, 0.15) is 68.7 Å². The van der Waals surface area contributed by atoms with Gasteiger partial charge in [0.15, 0.2) is 35.4 Å². The number of carbonyl (C=O) groups excluding carboxylic acids is 2. The number of phenols is 1. The van der Waals surface area contributed by atoms with Crippen LogP contribution in [0.4, 0.5) is 5.69 Å². The van der Waals surface area contributed by atoms with Crippen LogP contribution in [0.2, 0.25) is 0 Å². The minimum atomic E-state index is -1.85. The zero-order chi connectivity index (χ0) is 35.8. The van der Waals surface area contributed by atoms with Crippen molar-refractivity contribution < 1.29 is 54.6 Å². The molecule has 1 saturated carbocycles. The van der Waals surface area contributed by atoms with Gasteiger partial charge < -0.3 is 40.1 Å². The summed E-state index contributed by atoms with van der Waals surface area (Å²) in [6, 6.07) is 14.7. The van der Waals surface area contributed by atoms with Gasteiger partial charge in [0.25, 0.3) is 5.84 Å². The van der Waals surface area contributed by atoms with E-state index >= 15 is 0 Å². The number of rotatable bonds is 6. The lowest BCUT2D eigenvalue weighted by Gasteiger charge is -2.45. The van der Waals surface area contributed by atoms with E-state index in [1.807, 2.05) is 0 Å². The van der Waals surface area contributed by atoms with E-state index in [9.17, 15) is 40.2 Å². The van der Waals surface area contributed by atoms with Gasteiger partial charge in [-0.2, -0.15) is 4.99 Å². The highest BCUT2D eigenvalue weighted by molar-refractivity contribution is 6.66. The van der Waals surface area contributed by atoms with Crippen molar-refractivity contribution in [1.29, 1.82) is 5.41 Å². The van der Waals surface area contributed by atoms with Crippen LogP contribution in [0.15, 0.2) is 69.6 Å². The zero-order valence-corrected chi connectivity index (χ0v) is 26.9. The highest BCUT2D eigenvalue weighted by atomic mass is 16.7. The molecule has 3 aromatic carbocycles. The molecule has 6 unspecified atom stereocenters. The Balaban J connectivity index is 1.23. The van der Waals surface area contributed by atoms with Crippen LogP contribution >= 0.6 is 0 Å². The molecule has 2 aliphatic carbocycles. The van der Waals surface area contributed by atoms with E-state index in [0.29, 0.717) is 29.0 Å². The Morgan fingerprint density at radius 3 is 2.35 bits per heavy atom. The summed E-state index contributed by atoms with van der Waals surface area (Å²) in [5.74, 6) is -3.07. The first-order chi connectivity index (χ1) is 24.5. The van der Waals surface area contributed by atoms with Crippen LogP contribution in [0, 0.1) is 5.41 Å². The predicted molar refractivity (Wildman–Crippen MR) is 177 cm³/mol. The summed E-state index contributed by atoms with van der Waals surface area (Å²) in [5, 5.41) is 76.3. The first-order valence-electron chi connectivity index (χ1n) is 16.6. The monoisotopic (exact) mass is 695 g/mol. The molecule has 1 saturated heterocycles. The van der Waals surface area contributed by atoms with Crippen molar-refractivity contribution in [2.45, 2.75) is 68.4 Å². The Labute approximate surface area is 290 Å². The minimum Gasteiger partial charge on any atom is -0.857 e. The third-order valence-corrected chi connectivity index (χ3v) is 10.3. The van der Waals surface area contributed by atoms with Crippen molar-refractivity contribution in [3.8, 4) is 11.5 Å². The van der Waals surface area contributed by atoms with E-state index in [4.69, 9.17) is 14.9 Å². The molecule has 3 aliphatic heterocycles. The molecule has 0 bridgehead atoms. The molecule has 6 atom stereocenters. The summed E-state index contributed by atoms with van der Waals surface area (Å²) < 4.78 is 12.1. The molecular formula is C36H33N5O10. The topological polar surface area (TPSA) is 242 Å². The molecule has 0 aromatic heterocycles. The average Bonchev–Trinajstić information content (AvgIpc) is 3.76. The van der Waals surface area contributed by atoms with Crippen LogP contribution in [0.5, 0.6) is 11.5 Å². The summed E-state index contributed by atoms with van der Waals surface area (Å²) in [6.07, 6.45) is -6.54. The van der Waals surface area contributed by atoms with Crippen molar-refractivity contribution in [2.24, 2.45) is 15.0 Å². The van der Waals surface area contributed by atoms with Gasteiger partial charge in [0.1, 0.15) is 30.1 Å². The second-order valence-electron chi connectivity index (χ2n) is 13.3. The molecule has 8 rings (SSSR count). The van der Waals surface area contributed by atoms with Gasteiger partial charge in [0.2, 0.25) is 12.2 Å². The lowest BCUT2D eigenvalue weighted by molar-refractivity contribution is -0.723. The number of guanidine groups is 1. The average molecular weight is 696 g/mol. The number of quaternary nitrogens is 1. The summed E-state index contributed by atoms with van der Waals surface area (Å²) in [7, 11) is 0. The van der Waals surface area contributed by atoms with Gasteiger partial charge in [0.05, 0.1) is 11.2 Å². The normalized spacial score (nSPS) is 28.0. The number of fused-ring (bicyclic) bond motifs is 3. The molecule has 3 heterocycles. The molecule has 3 aromatic rings. The Hall–Kier alpha value is -5.16. The van der Waals surface area contributed by atoms with Crippen molar-refractivity contribution in [3.63, 3.8) is 0 Å². The van der Waals surface area contributed by atoms with Crippen molar-refractivity contribution in [2.75, 3.05) is 6.67 Å². The fourth-order valence-electron chi connectivity index (χ4n) is 7.72. The molecule has 15 nitrogen and oxygen atoms in total. The number of benzene rings is 3.